The Bertz CT molecular complexity index is 891. The van der Waals surface area contributed by atoms with Crippen LogP contribution in [0, 0.1) is 0 Å². The SMILES string of the molecule is CN1CCN(CCCN2C(=O)CC(c3ccccc3)=Nc3cc(Cl)ccc32)CC1. The van der Waals surface area contributed by atoms with Crippen LogP contribution in [0.4, 0.5) is 11.4 Å². The van der Waals surface area contributed by atoms with Gasteiger partial charge >= 0.3 is 0 Å². The van der Waals surface area contributed by atoms with Crippen molar-refractivity contribution in [1.29, 1.82) is 0 Å². The summed E-state index contributed by atoms with van der Waals surface area (Å²) >= 11 is 6.24. The van der Waals surface area contributed by atoms with Crippen LogP contribution in [-0.2, 0) is 4.79 Å². The molecule has 0 radical (unpaired) electrons. The number of benzene rings is 2. The van der Waals surface area contributed by atoms with Gasteiger partial charge in [-0.25, -0.2) is 0 Å². The molecule has 0 aromatic heterocycles. The first-order chi connectivity index (χ1) is 14.1. The number of hydrogen-bond donors (Lipinski definition) is 0. The fourth-order valence-electron chi connectivity index (χ4n) is 3.94. The maximum atomic E-state index is 13.2. The minimum Gasteiger partial charge on any atom is -0.310 e. The van der Waals surface area contributed by atoms with Gasteiger partial charge in [0.25, 0.3) is 0 Å². The number of hydrogen-bond acceptors (Lipinski definition) is 4. The van der Waals surface area contributed by atoms with E-state index in [1.165, 1.54) is 0 Å². The molecule has 0 saturated carbocycles. The van der Waals surface area contributed by atoms with E-state index in [9.17, 15) is 4.79 Å². The van der Waals surface area contributed by atoms with Crippen molar-refractivity contribution in [2.45, 2.75) is 12.8 Å². The van der Waals surface area contributed by atoms with Crippen molar-refractivity contribution in [3.05, 3.63) is 59.1 Å². The number of aliphatic imine (C=N–C) groups is 1. The molecule has 0 N–H and O–H groups in total. The summed E-state index contributed by atoms with van der Waals surface area (Å²) in [4.78, 5) is 24.7. The number of nitrogens with zero attached hydrogens (tertiary/aromatic N) is 4. The van der Waals surface area contributed by atoms with E-state index >= 15 is 0 Å². The topological polar surface area (TPSA) is 39.1 Å². The molecule has 2 aliphatic rings. The van der Waals surface area contributed by atoms with Gasteiger partial charge < -0.3 is 14.7 Å². The number of anilines is 1. The van der Waals surface area contributed by atoms with Gasteiger partial charge in [-0.2, -0.15) is 0 Å². The van der Waals surface area contributed by atoms with Crippen molar-refractivity contribution in [2.24, 2.45) is 4.99 Å². The van der Waals surface area contributed by atoms with Crippen LogP contribution in [0.25, 0.3) is 0 Å². The second-order valence-corrected chi connectivity index (χ2v) is 8.21. The van der Waals surface area contributed by atoms with Crippen LogP contribution in [0.1, 0.15) is 18.4 Å². The predicted octanol–water partition coefficient (Wildman–Crippen LogP) is 3.84. The molecular formula is C23H27ClN4O. The number of rotatable bonds is 5. The van der Waals surface area contributed by atoms with Gasteiger partial charge in [-0.05, 0) is 43.8 Å². The van der Waals surface area contributed by atoms with E-state index in [-0.39, 0.29) is 5.91 Å². The molecule has 29 heavy (non-hydrogen) atoms. The van der Waals surface area contributed by atoms with Crippen molar-refractivity contribution < 1.29 is 4.79 Å². The largest absolute Gasteiger partial charge is 0.310 e. The molecular weight excluding hydrogens is 384 g/mol. The lowest BCUT2D eigenvalue weighted by Gasteiger charge is -2.33. The normalized spacial score (nSPS) is 18.3. The maximum absolute atomic E-state index is 13.2. The van der Waals surface area contributed by atoms with Gasteiger partial charge in [0.2, 0.25) is 5.91 Å². The Labute approximate surface area is 177 Å². The van der Waals surface area contributed by atoms with Gasteiger partial charge in [0.05, 0.1) is 23.5 Å². The summed E-state index contributed by atoms with van der Waals surface area (Å²) in [7, 11) is 2.17. The Kier molecular flexibility index (Phi) is 6.28. The molecule has 1 fully saturated rings. The summed E-state index contributed by atoms with van der Waals surface area (Å²) < 4.78 is 0. The second-order valence-electron chi connectivity index (χ2n) is 7.78. The molecule has 0 atom stereocenters. The number of halogens is 1. The van der Waals surface area contributed by atoms with Crippen molar-refractivity contribution in [1.82, 2.24) is 9.80 Å². The highest BCUT2D eigenvalue weighted by molar-refractivity contribution is 6.31. The van der Waals surface area contributed by atoms with Crippen LogP contribution < -0.4 is 4.90 Å². The zero-order valence-corrected chi connectivity index (χ0v) is 17.6. The van der Waals surface area contributed by atoms with Crippen molar-refractivity contribution >= 4 is 34.6 Å². The Morgan fingerprint density at radius 2 is 1.76 bits per heavy atom. The minimum absolute atomic E-state index is 0.0899. The standard InChI is InChI=1S/C23H27ClN4O/c1-26-12-14-27(15-13-26)10-5-11-28-22-9-8-19(24)16-21(22)25-20(17-23(28)29)18-6-3-2-4-7-18/h2-4,6-9,16H,5,10-15,17H2,1H3. The monoisotopic (exact) mass is 410 g/mol. The number of carbonyl (C=O) groups is 1. The van der Waals surface area contributed by atoms with E-state index in [1.807, 2.05) is 53.4 Å². The van der Waals surface area contributed by atoms with Crippen molar-refractivity contribution in [3.8, 4) is 0 Å². The molecule has 1 saturated heterocycles. The molecule has 0 unspecified atom stereocenters. The van der Waals surface area contributed by atoms with Crippen LogP contribution in [0.5, 0.6) is 0 Å². The van der Waals surface area contributed by atoms with Crippen LogP contribution in [0.2, 0.25) is 5.02 Å². The highest BCUT2D eigenvalue weighted by Gasteiger charge is 2.25. The smallest absolute Gasteiger partial charge is 0.233 e. The van der Waals surface area contributed by atoms with Crippen molar-refractivity contribution in [3.63, 3.8) is 0 Å². The molecule has 1 amide bonds. The van der Waals surface area contributed by atoms with Gasteiger partial charge in [-0.3, -0.25) is 9.79 Å². The van der Waals surface area contributed by atoms with Crippen molar-refractivity contribution in [2.75, 3.05) is 51.2 Å². The quantitative estimate of drug-likeness (QED) is 0.751. The summed E-state index contributed by atoms with van der Waals surface area (Å²) in [5.41, 5.74) is 3.39. The highest BCUT2D eigenvalue weighted by atomic mass is 35.5. The Hall–Kier alpha value is -2.21. The summed E-state index contributed by atoms with van der Waals surface area (Å²) in [5, 5.41) is 0.631. The summed E-state index contributed by atoms with van der Waals surface area (Å²) in [6.07, 6.45) is 1.24. The minimum atomic E-state index is 0.0899. The molecule has 4 rings (SSSR count). The molecule has 5 nitrogen and oxygen atoms in total. The molecule has 2 heterocycles. The van der Waals surface area contributed by atoms with E-state index in [0.29, 0.717) is 18.0 Å². The van der Waals surface area contributed by atoms with Gasteiger partial charge in [0.15, 0.2) is 0 Å². The third-order valence-corrected chi connectivity index (χ3v) is 5.90. The lowest BCUT2D eigenvalue weighted by Crippen LogP contribution is -2.45. The summed E-state index contributed by atoms with van der Waals surface area (Å²) in [6.45, 7) is 6.11. The van der Waals surface area contributed by atoms with E-state index in [1.54, 1.807) is 0 Å². The lowest BCUT2D eigenvalue weighted by atomic mass is 10.1. The third kappa shape index (κ3) is 4.86. The van der Waals surface area contributed by atoms with E-state index < -0.39 is 0 Å². The number of fused-ring (bicyclic) bond motifs is 1. The second kappa shape index (κ2) is 9.08. The van der Waals surface area contributed by atoms with E-state index in [4.69, 9.17) is 16.6 Å². The summed E-state index contributed by atoms with van der Waals surface area (Å²) in [5.74, 6) is 0.0899. The zero-order valence-electron chi connectivity index (χ0n) is 16.9. The molecule has 152 valence electrons. The number of carbonyl (C=O) groups excluding carboxylic acids is 1. The highest BCUT2D eigenvalue weighted by Crippen LogP contribution is 2.35. The molecule has 2 aromatic carbocycles. The van der Waals surface area contributed by atoms with Crippen LogP contribution in [0.3, 0.4) is 0 Å². The van der Waals surface area contributed by atoms with Crippen LogP contribution in [-0.4, -0.2) is 67.7 Å². The van der Waals surface area contributed by atoms with Gasteiger partial charge in [-0.1, -0.05) is 41.9 Å². The fraction of sp³-hybridized carbons (Fsp3) is 0.391. The lowest BCUT2D eigenvalue weighted by molar-refractivity contribution is -0.117. The Morgan fingerprint density at radius 1 is 1.00 bits per heavy atom. The molecule has 0 spiro atoms. The average Bonchev–Trinajstić information content (AvgIpc) is 2.86. The Morgan fingerprint density at radius 3 is 2.52 bits per heavy atom. The molecule has 2 aliphatic heterocycles. The predicted molar refractivity (Wildman–Crippen MR) is 120 cm³/mol. The van der Waals surface area contributed by atoms with E-state index in [0.717, 1.165) is 61.8 Å². The Balaban J connectivity index is 1.52. The number of amides is 1. The fourth-order valence-corrected chi connectivity index (χ4v) is 4.10. The van der Waals surface area contributed by atoms with Gasteiger partial charge in [0, 0.05) is 37.7 Å². The zero-order chi connectivity index (χ0) is 20.2. The van der Waals surface area contributed by atoms with Gasteiger partial charge in [0.1, 0.15) is 0 Å². The molecule has 0 aliphatic carbocycles. The summed E-state index contributed by atoms with van der Waals surface area (Å²) in [6, 6.07) is 15.5. The van der Waals surface area contributed by atoms with E-state index in [2.05, 4.69) is 16.8 Å². The maximum Gasteiger partial charge on any atom is 0.233 e. The first-order valence-corrected chi connectivity index (χ1v) is 10.6. The van der Waals surface area contributed by atoms with Crippen LogP contribution >= 0.6 is 11.6 Å². The third-order valence-electron chi connectivity index (χ3n) is 5.66. The molecule has 2 aromatic rings. The van der Waals surface area contributed by atoms with Gasteiger partial charge in [-0.15, -0.1) is 0 Å². The molecule has 0 bridgehead atoms. The first kappa shape index (κ1) is 20.1. The molecule has 6 heteroatoms. The average molecular weight is 411 g/mol. The first-order valence-electron chi connectivity index (χ1n) is 10.2. The van der Waals surface area contributed by atoms with Crippen LogP contribution in [0.15, 0.2) is 53.5 Å². The number of likely N-dealkylation sites (N-methyl/N-ethyl adjacent to an activating group) is 1. The number of piperazine rings is 1.